The molecule has 2 aromatic heterocycles. The summed E-state index contributed by atoms with van der Waals surface area (Å²) in [5.41, 5.74) is 1.87. The third kappa shape index (κ3) is 4.26. The highest BCUT2D eigenvalue weighted by Gasteiger charge is 2.34. The molecule has 3 heterocycles. The number of hydrogen-bond donors (Lipinski definition) is 0. The number of aryl methyl sites for hydroxylation is 2. The van der Waals surface area contributed by atoms with Gasteiger partial charge in [-0.2, -0.15) is 5.10 Å². The van der Waals surface area contributed by atoms with Crippen molar-refractivity contribution in [2.75, 3.05) is 6.61 Å². The standard InChI is InChI=1S/C22H23F2N5O2/c1-13-16(9-28(4)27-13)14-5-6-15(17(23)7-14)8-29-10-18-19(21(29)30)20(26-12-25-18)31-11-22(2,3)24/h5-7,9,12H,8,10-11H2,1-4H3. The molecule has 0 unspecified atom stereocenters. The van der Waals surface area contributed by atoms with E-state index in [9.17, 15) is 13.6 Å². The molecule has 0 spiro atoms. The van der Waals surface area contributed by atoms with E-state index in [1.165, 1.54) is 31.1 Å². The zero-order valence-corrected chi connectivity index (χ0v) is 17.8. The normalized spacial score (nSPS) is 13.6. The number of carbonyl (C=O) groups is 1. The van der Waals surface area contributed by atoms with E-state index in [0.29, 0.717) is 11.3 Å². The van der Waals surface area contributed by atoms with Crippen LogP contribution < -0.4 is 4.74 Å². The Balaban J connectivity index is 1.54. The Morgan fingerprint density at radius 2 is 2.03 bits per heavy atom. The summed E-state index contributed by atoms with van der Waals surface area (Å²) in [4.78, 5) is 22.5. The van der Waals surface area contributed by atoms with Crippen LogP contribution in [0, 0.1) is 12.7 Å². The van der Waals surface area contributed by atoms with Crippen molar-refractivity contribution < 1.29 is 18.3 Å². The topological polar surface area (TPSA) is 73.1 Å². The van der Waals surface area contributed by atoms with Gasteiger partial charge in [-0.3, -0.25) is 9.48 Å². The number of carbonyl (C=O) groups excluding carboxylic acids is 1. The largest absolute Gasteiger partial charge is 0.474 e. The predicted molar refractivity (Wildman–Crippen MR) is 110 cm³/mol. The van der Waals surface area contributed by atoms with Crippen LogP contribution in [0.4, 0.5) is 8.78 Å². The quantitative estimate of drug-likeness (QED) is 0.601. The number of hydrogen-bond acceptors (Lipinski definition) is 5. The van der Waals surface area contributed by atoms with Crippen molar-refractivity contribution in [3.05, 3.63) is 59.1 Å². The minimum atomic E-state index is -1.57. The van der Waals surface area contributed by atoms with Crippen molar-refractivity contribution in [1.29, 1.82) is 0 Å². The zero-order valence-electron chi connectivity index (χ0n) is 17.8. The van der Waals surface area contributed by atoms with E-state index >= 15 is 0 Å². The van der Waals surface area contributed by atoms with Gasteiger partial charge in [-0.05, 0) is 32.4 Å². The average Bonchev–Trinajstić information content (AvgIpc) is 3.20. The monoisotopic (exact) mass is 427 g/mol. The maximum Gasteiger partial charge on any atom is 0.261 e. The summed E-state index contributed by atoms with van der Waals surface area (Å²) < 4.78 is 35.8. The molecule has 1 aliphatic heterocycles. The van der Waals surface area contributed by atoms with Crippen LogP contribution in [0.3, 0.4) is 0 Å². The molecule has 1 aromatic carbocycles. The lowest BCUT2D eigenvalue weighted by Gasteiger charge is -2.17. The van der Waals surface area contributed by atoms with Crippen LogP contribution in [0.2, 0.25) is 0 Å². The number of halogens is 2. The Morgan fingerprint density at radius 3 is 2.68 bits per heavy atom. The van der Waals surface area contributed by atoms with Gasteiger partial charge in [0.15, 0.2) is 0 Å². The van der Waals surface area contributed by atoms with Gasteiger partial charge >= 0.3 is 0 Å². The molecule has 0 saturated heterocycles. The Bertz CT molecular complexity index is 1150. The van der Waals surface area contributed by atoms with E-state index in [4.69, 9.17) is 4.74 Å². The second kappa shape index (κ2) is 7.72. The van der Waals surface area contributed by atoms with Gasteiger partial charge < -0.3 is 9.64 Å². The van der Waals surface area contributed by atoms with Gasteiger partial charge in [0.05, 0.1) is 17.9 Å². The fourth-order valence-corrected chi connectivity index (χ4v) is 3.56. The Labute approximate surface area is 178 Å². The highest BCUT2D eigenvalue weighted by atomic mass is 19.1. The molecule has 0 saturated carbocycles. The molecule has 0 atom stereocenters. The van der Waals surface area contributed by atoms with E-state index in [2.05, 4.69) is 15.1 Å². The highest BCUT2D eigenvalue weighted by molar-refractivity contribution is 5.99. The smallest absolute Gasteiger partial charge is 0.261 e. The SMILES string of the molecule is Cc1nn(C)cc1-c1ccc(CN2Cc3ncnc(OCC(C)(C)F)c3C2=O)c(F)c1. The first kappa shape index (κ1) is 20.9. The fourth-order valence-electron chi connectivity index (χ4n) is 3.56. The van der Waals surface area contributed by atoms with Crippen molar-refractivity contribution in [3.63, 3.8) is 0 Å². The van der Waals surface area contributed by atoms with Crippen molar-refractivity contribution in [2.24, 2.45) is 7.05 Å². The summed E-state index contributed by atoms with van der Waals surface area (Å²) in [6.07, 6.45) is 3.12. The van der Waals surface area contributed by atoms with Gasteiger partial charge in [0, 0.05) is 30.9 Å². The Kier molecular flexibility index (Phi) is 5.20. The van der Waals surface area contributed by atoms with Gasteiger partial charge in [0.2, 0.25) is 5.88 Å². The van der Waals surface area contributed by atoms with Crippen LogP contribution in [0.1, 0.15) is 41.2 Å². The highest BCUT2D eigenvalue weighted by Crippen LogP contribution is 2.31. The predicted octanol–water partition coefficient (Wildman–Crippen LogP) is 3.61. The maximum absolute atomic E-state index is 14.9. The lowest BCUT2D eigenvalue weighted by Crippen LogP contribution is -2.26. The number of fused-ring (bicyclic) bond motifs is 1. The molecule has 0 radical (unpaired) electrons. The number of nitrogens with zero attached hydrogens (tertiary/aromatic N) is 5. The van der Waals surface area contributed by atoms with Crippen LogP contribution in [-0.4, -0.2) is 42.8 Å². The first-order valence-corrected chi connectivity index (χ1v) is 9.86. The van der Waals surface area contributed by atoms with E-state index in [1.807, 2.05) is 26.2 Å². The molecule has 1 amide bonds. The minimum absolute atomic E-state index is 0.0473. The molecular weight excluding hydrogens is 404 g/mol. The third-order valence-corrected chi connectivity index (χ3v) is 5.02. The second-order valence-corrected chi connectivity index (χ2v) is 8.28. The van der Waals surface area contributed by atoms with Crippen LogP contribution >= 0.6 is 0 Å². The van der Waals surface area contributed by atoms with Gasteiger partial charge in [-0.1, -0.05) is 12.1 Å². The summed E-state index contributed by atoms with van der Waals surface area (Å²) in [6.45, 7) is 4.65. The van der Waals surface area contributed by atoms with E-state index in [-0.39, 0.29) is 37.0 Å². The number of aromatic nitrogens is 4. The van der Waals surface area contributed by atoms with Gasteiger partial charge in [0.25, 0.3) is 5.91 Å². The minimum Gasteiger partial charge on any atom is -0.474 e. The third-order valence-electron chi connectivity index (χ3n) is 5.02. The Hall–Kier alpha value is -3.36. The number of benzene rings is 1. The van der Waals surface area contributed by atoms with E-state index < -0.39 is 11.5 Å². The summed E-state index contributed by atoms with van der Waals surface area (Å²) in [5, 5.41) is 4.29. The van der Waals surface area contributed by atoms with E-state index in [0.717, 1.165) is 16.8 Å². The van der Waals surface area contributed by atoms with Crippen LogP contribution in [-0.2, 0) is 20.1 Å². The fraction of sp³-hybridized carbons (Fsp3) is 0.364. The second-order valence-electron chi connectivity index (χ2n) is 8.28. The van der Waals surface area contributed by atoms with Gasteiger partial charge in [-0.15, -0.1) is 0 Å². The number of amides is 1. The molecule has 31 heavy (non-hydrogen) atoms. The summed E-state index contributed by atoms with van der Waals surface area (Å²) in [7, 11) is 1.81. The molecule has 0 aliphatic carbocycles. The Morgan fingerprint density at radius 1 is 1.26 bits per heavy atom. The van der Waals surface area contributed by atoms with Gasteiger partial charge in [-0.25, -0.2) is 18.7 Å². The van der Waals surface area contributed by atoms with Crippen LogP contribution in [0.25, 0.3) is 11.1 Å². The maximum atomic E-state index is 14.9. The first-order valence-electron chi connectivity index (χ1n) is 9.86. The molecule has 7 nitrogen and oxygen atoms in total. The summed E-state index contributed by atoms with van der Waals surface area (Å²) in [6, 6.07) is 4.93. The molecule has 0 fully saturated rings. The van der Waals surface area contributed by atoms with Crippen molar-refractivity contribution in [1.82, 2.24) is 24.6 Å². The molecule has 9 heteroatoms. The lowest BCUT2D eigenvalue weighted by atomic mass is 10.0. The van der Waals surface area contributed by atoms with Gasteiger partial charge in [0.1, 0.15) is 30.0 Å². The van der Waals surface area contributed by atoms with Crippen molar-refractivity contribution in [2.45, 2.75) is 39.5 Å². The van der Waals surface area contributed by atoms with Crippen LogP contribution in [0.15, 0.2) is 30.7 Å². The first-order chi connectivity index (χ1) is 14.6. The van der Waals surface area contributed by atoms with Crippen molar-refractivity contribution >= 4 is 5.91 Å². The van der Waals surface area contributed by atoms with Crippen LogP contribution in [0.5, 0.6) is 5.88 Å². The molecule has 162 valence electrons. The zero-order chi connectivity index (χ0) is 22.3. The molecule has 1 aliphatic rings. The molecule has 0 bridgehead atoms. The number of alkyl halides is 1. The molecule has 4 rings (SSSR count). The summed E-state index contributed by atoms with van der Waals surface area (Å²) >= 11 is 0. The van der Waals surface area contributed by atoms with Crippen molar-refractivity contribution in [3.8, 4) is 17.0 Å². The number of ether oxygens (including phenoxy) is 1. The summed E-state index contributed by atoms with van der Waals surface area (Å²) in [5.74, 6) is -0.730. The molecule has 0 N–H and O–H groups in total. The average molecular weight is 427 g/mol. The molecular formula is C22H23F2N5O2. The lowest BCUT2D eigenvalue weighted by molar-refractivity contribution is 0.0753. The molecule has 3 aromatic rings. The van der Waals surface area contributed by atoms with E-state index in [1.54, 1.807) is 10.7 Å². The number of rotatable bonds is 6.